The Morgan fingerprint density at radius 2 is 2.19 bits per heavy atom. The molecule has 0 spiro atoms. The van der Waals surface area contributed by atoms with Crippen molar-refractivity contribution < 1.29 is 9.90 Å². The summed E-state index contributed by atoms with van der Waals surface area (Å²) < 4.78 is 0. The van der Waals surface area contributed by atoms with Gasteiger partial charge in [0.25, 0.3) is 0 Å². The first kappa shape index (κ1) is 14.5. The average molecular weight is 282 g/mol. The van der Waals surface area contributed by atoms with Crippen molar-refractivity contribution in [3.8, 4) is 6.07 Å². The largest absolute Gasteiger partial charge is 0.478 e. The summed E-state index contributed by atoms with van der Waals surface area (Å²) in [7, 11) is 0. The van der Waals surface area contributed by atoms with E-state index in [1.165, 1.54) is 18.3 Å². The van der Waals surface area contributed by atoms with Crippen molar-refractivity contribution in [2.75, 3.05) is 5.32 Å². The number of anilines is 1. The van der Waals surface area contributed by atoms with Crippen LogP contribution in [0.15, 0.2) is 24.4 Å². The molecule has 2 rings (SSSR count). The molecule has 106 valence electrons. The predicted molar refractivity (Wildman–Crippen MR) is 76.9 cm³/mol. The molecule has 0 aliphatic rings. The monoisotopic (exact) mass is 282 g/mol. The second-order valence-corrected chi connectivity index (χ2v) is 4.61. The van der Waals surface area contributed by atoms with Crippen molar-refractivity contribution in [3.05, 3.63) is 52.5 Å². The van der Waals surface area contributed by atoms with Crippen LogP contribution in [-0.4, -0.2) is 21.0 Å². The Hall–Kier alpha value is -2.94. The standard InChI is InChI=1S/C15H14N4O2/c1-9-5-10(2)19-14(13(9)7-16)18-8-12-6-11(15(20)21)3-4-17-12/h3-6H,8H2,1-2H3,(H,18,19)(H,20,21). The van der Waals surface area contributed by atoms with Gasteiger partial charge in [-0.1, -0.05) is 0 Å². The molecule has 0 saturated heterocycles. The summed E-state index contributed by atoms with van der Waals surface area (Å²) in [4.78, 5) is 19.3. The first-order valence-electron chi connectivity index (χ1n) is 6.31. The summed E-state index contributed by atoms with van der Waals surface area (Å²) in [6, 6.07) is 6.88. The van der Waals surface area contributed by atoms with Crippen molar-refractivity contribution in [2.24, 2.45) is 0 Å². The van der Waals surface area contributed by atoms with Crippen molar-refractivity contribution in [3.63, 3.8) is 0 Å². The van der Waals surface area contributed by atoms with Crippen LogP contribution in [0.5, 0.6) is 0 Å². The normalized spacial score (nSPS) is 9.95. The lowest BCUT2D eigenvalue weighted by Gasteiger charge is -2.10. The Labute approximate surface area is 122 Å². The van der Waals surface area contributed by atoms with Gasteiger partial charge in [-0.3, -0.25) is 4.98 Å². The summed E-state index contributed by atoms with van der Waals surface area (Å²) in [5.41, 5.74) is 2.88. The molecule has 2 N–H and O–H groups in total. The van der Waals surface area contributed by atoms with E-state index in [1.54, 1.807) is 0 Å². The van der Waals surface area contributed by atoms with E-state index in [2.05, 4.69) is 21.4 Å². The average Bonchev–Trinajstić information content (AvgIpc) is 2.45. The molecule has 0 aromatic carbocycles. The van der Waals surface area contributed by atoms with Crippen LogP contribution in [0, 0.1) is 25.2 Å². The number of hydrogen-bond acceptors (Lipinski definition) is 5. The van der Waals surface area contributed by atoms with Crippen molar-refractivity contribution in [1.82, 2.24) is 9.97 Å². The van der Waals surface area contributed by atoms with Gasteiger partial charge < -0.3 is 10.4 Å². The third kappa shape index (κ3) is 3.34. The maximum Gasteiger partial charge on any atom is 0.335 e. The van der Waals surface area contributed by atoms with E-state index < -0.39 is 5.97 Å². The van der Waals surface area contributed by atoms with Crippen molar-refractivity contribution in [2.45, 2.75) is 20.4 Å². The molecule has 2 aromatic heterocycles. The number of carbonyl (C=O) groups is 1. The number of nitrogens with one attached hydrogen (secondary N) is 1. The minimum absolute atomic E-state index is 0.177. The molecule has 2 heterocycles. The second-order valence-electron chi connectivity index (χ2n) is 4.61. The van der Waals surface area contributed by atoms with Crippen LogP contribution in [-0.2, 0) is 6.54 Å². The zero-order valence-electron chi connectivity index (χ0n) is 11.7. The SMILES string of the molecule is Cc1cc(C)c(C#N)c(NCc2cc(C(=O)O)ccn2)n1. The third-order valence-electron chi connectivity index (χ3n) is 2.96. The maximum absolute atomic E-state index is 10.9. The Balaban J connectivity index is 2.23. The van der Waals surface area contributed by atoms with E-state index in [9.17, 15) is 10.1 Å². The van der Waals surface area contributed by atoms with Gasteiger partial charge in [0, 0.05) is 11.9 Å². The maximum atomic E-state index is 10.9. The number of aromatic carboxylic acids is 1. The minimum atomic E-state index is -0.999. The molecule has 0 atom stereocenters. The third-order valence-corrected chi connectivity index (χ3v) is 2.96. The number of aromatic nitrogens is 2. The first-order chi connectivity index (χ1) is 10.0. The Bertz CT molecular complexity index is 735. The molecule has 6 heteroatoms. The first-order valence-corrected chi connectivity index (χ1v) is 6.31. The van der Waals surface area contributed by atoms with E-state index in [0.717, 1.165) is 11.3 Å². The van der Waals surface area contributed by atoms with Crippen LogP contribution in [0.25, 0.3) is 0 Å². The van der Waals surface area contributed by atoms with Gasteiger partial charge in [0.05, 0.1) is 23.4 Å². The highest BCUT2D eigenvalue weighted by molar-refractivity contribution is 5.87. The molecule has 0 unspecified atom stereocenters. The number of aryl methyl sites for hydroxylation is 2. The lowest BCUT2D eigenvalue weighted by molar-refractivity contribution is 0.0696. The summed E-state index contributed by atoms with van der Waals surface area (Å²) in [5.74, 6) is -0.515. The molecule has 0 aliphatic carbocycles. The number of hydrogen-bond donors (Lipinski definition) is 2. The van der Waals surface area contributed by atoms with Crippen LogP contribution in [0.1, 0.15) is 32.9 Å². The lowest BCUT2D eigenvalue weighted by atomic mass is 10.1. The van der Waals surface area contributed by atoms with E-state index >= 15 is 0 Å². The van der Waals surface area contributed by atoms with Crippen LogP contribution in [0.4, 0.5) is 5.82 Å². The van der Waals surface area contributed by atoms with Gasteiger partial charge in [-0.15, -0.1) is 0 Å². The highest BCUT2D eigenvalue weighted by Crippen LogP contribution is 2.18. The smallest absolute Gasteiger partial charge is 0.335 e. The Morgan fingerprint density at radius 1 is 1.43 bits per heavy atom. The fraction of sp³-hybridized carbons (Fsp3) is 0.200. The summed E-state index contributed by atoms with van der Waals surface area (Å²) >= 11 is 0. The van der Waals surface area contributed by atoms with Gasteiger partial charge in [-0.25, -0.2) is 9.78 Å². The Kier molecular flexibility index (Phi) is 4.14. The van der Waals surface area contributed by atoms with E-state index in [1.807, 2.05) is 19.9 Å². The predicted octanol–water partition coefficient (Wildman–Crippen LogP) is 2.28. The van der Waals surface area contributed by atoms with Crippen molar-refractivity contribution in [1.29, 1.82) is 5.26 Å². The second kappa shape index (κ2) is 6.01. The topological polar surface area (TPSA) is 98.9 Å². The molecule has 0 amide bonds. The van der Waals surface area contributed by atoms with Gasteiger partial charge in [-0.05, 0) is 37.6 Å². The van der Waals surface area contributed by atoms with Gasteiger partial charge in [-0.2, -0.15) is 5.26 Å². The molecule has 0 fully saturated rings. The van der Waals surface area contributed by atoms with Gasteiger partial charge >= 0.3 is 5.97 Å². The summed E-state index contributed by atoms with van der Waals surface area (Å²) in [6.07, 6.45) is 1.45. The Morgan fingerprint density at radius 3 is 2.86 bits per heavy atom. The van der Waals surface area contributed by atoms with Gasteiger partial charge in [0.15, 0.2) is 0 Å². The molecule has 0 aliphatic heterocycles. The molecule has 6 nitrogen and oxygen atoms in total. The highest BCUT2D eigenvalue weighted by Gasteiger charge is 2.09. The highest BCUT2D eigenvalue weighted by atomic mass is 16.4. The van der Waals surface area contributed by atoms with E-state index in [4.69, 9.17) is 5.11 Å². The quantitative estimate of drug-likeness (QED) is 0.892. The fourth-order valence-corrected chi connectivity index (χ4v) is 1.99. The number of nitrogens with zero attached hydrogens (tertiary/aromatic N) is 3. The number of pyridine rings is 2. The van der Waals surface area contributed by atoms with Gasteiger partial charge in [0.2, 0.25) is 0 Å². The molecule has 0 bridgehead atoms. The van der Waals surface area contributed by atoms with Crippen LogP contribution in [0.2, 0.25) is 0 Å². The molecule has 0 saturated carbocycles. The number of rotatable bonds is 4. The van der Waals surface area contributed by atoms with Crippen LogP contribution in [0.3, 0.4) is 0 Å². The molecular formula is C15H14N4O2. The summed E-state index contributed by atoms with van der Waals surface area (Å²) in [5, 5.41) is 21.2. The molecule has 0 radical (unpaired) electrons. The minimum Gasteiger partial charge on any atom is -0.478 e. The lowest BCUT2D eigenvalue weighted by Crippen LogP contribution is -2.08. The number of carboxylic acid groups (broad SMARTS) is 1. The van der Waals surface area contributed by atoms with Gasteiger partial charge in [0.1, 0.15) is 11.9 Å². The number of nitriles is 1. The molecular weight excluding hydrogens is 268 g/mol. The van der Waals surface area contributed by atoms with Crippen LogP contribution < -0.4 is 5.32 Å². The summed E-state index contributed by atoms with van der Waals surface area (Å²) in [6.45, 7) is 4.00. The molecule has 2 aromatic rings. The molecule has 21 heavy (non-hydrogen) atoms. The van der Waals surface area contributed by atoms with E-state index in [0.29, 0.717) is 23.6 Å². The fourth-order valence-electron chi connectivity index (χ4n) is 1.99. The van der Waals surface area contributed by atoms with Crippen molar-refractivity contribution >= 4 is 11.8 Å². The zero-order chi connectivity index (χ0) is 15.4. The van der Waals surface area contributed by atoms with E-state index in [-0.39, 0.29) is 5.56 Å². The zero-order valence-corrected chi connectivity index (χ0v) is 11.7. The van der Waals surface area contributed by atoms with Crippen LogP contribution >= 0.6 is 0 Å². The number of carboxylic acids is 1.